The van der Waals surface area contributed by atoms with Crippen LogP contribution in [0.5, 0.6) is 0 Å². The molecule has 0 aliphatic rings. The number of aliphatic hydroxyl groups excluding tert-OH is 1. The molecule has 2 heteroatoms. The average molecular weight is 225 g/mol. The number of benzene rings is 2. The normalized spacial score (nSPS) is 10.2. The molecule has 0 heterocycles. The second kappa shape index (κ2) is 4.85. The van der Waals surface area contributed by atoms with Gasteiger partial charge in [0.05, 0.1) is 6.61 Å². The fourth-order valence-electron chi connectivity index (χ4n) is 1.81. The van der Waals surface area contributed by atoms with Gasteiger partial charge in [0.1, 0.15) is 0 Å². The SMILES string of the molecule is C=Cc1ccc(-c2cccc(CO)c2)c(N)c1. The summed E-state index contributed by atoms with van der Waals surface area (Å²) in [5, 5.41) is 9.12. The van der Waals surface area contributed by atoms with Crippen LogP contribution in [0.4, 0.5) is 5.69 Å². The van der Waals surface area contributed by atoms with Crippen LogP contribution in [-0.4, -0.2) is 5.11 Å². The topological polar surface area (TPSA) is 46.2 Å². The molecule has 2 aromatic rings. The van der Waals surface area contributed by atoms with Crippen LogP contribution in [0.2, 0.25) is 0 Å². The second-order valence-corrected chi connectivity index (χ2v) is 3.91. The van der Waals surface area contributed by atoms with Gasteiger partial charge in [-0.1, -0.05) is 43.0 Å². The lowest BCUT2D eigenvalue weighted by molar-refractivity contribution is 0.282. The van der Waals surface area contributed by atoms with Crippen molar-refractivity contribution < 1.29 is 5.11 Å². The summed E-state index contributed by atoms with van der Waals surface area (Å²) < 4.78 is 0. The van der Waals surface area contributed by atoms with E-state index in [2.05, 4.69) is 6.58 Å². The van der Waals surface area contributed by atoms with Gasteiger partial charge in [-0.2, -0.15) is 0 Å². The molecule has 2 rings (SSSR count). The molecule has 0 spiro atoms. The lowest BCUT2D eigenvalue weighted by Gasteiger charge is -2.08. The van der Waals surface area contributed by atoms with Crippen LogP contribution in [0.3, 0.4) is 0 Å². The highest BCUT2D eigenvalue weighted by Crippen LogP contribution is 2.27. The van der Waals surface area contributed by atoms with E-state index < -0.39 is 0 Å². The van der Waals surface area contributed by atoms with Crippen molar-refractivity contribution in [3.05, 3.63) is 60.2 Å². The standard InChI is InChI=1S/C15H15NO/c1-2-11-6-7-14(15(16)9-11)13-5-3-4-12(8-13)10-17/h2-9,17H,1,10,16H2. The quantitative estimate of drug-likeness (QED) is 0.788. The molecule has 0 aliphatic heterocycles. The number of rotatable bonds is 3. The van der Waals surface area contributed by atoms with Crippen LogP contribution in [0, 0.1) is 0 Å². The van der Waals surface area contributed by atoms with Gasteiger partial charge in [-0.25, -0.2) is 0 Å². The highest BCUT2D eigenvalue weighted by Gasteiger charge is 2.03. The zero-order valence-corrected chi connectivity index (χ0v) is 9.56. The zero-order valence-electron chi connectivity index (χ0n) is 9.56. The minimum Gasteiger partial charge on any atom is -0.398 e. The molecule has 0 saturated heterocycles. The predicted molar refractivity (Wildman–Crippen MR) is 72.3 cm³/mol. The molecule has 0 radical (unpaired) electrons. The van der Waals surface area contributed by atoms with Gasteiger partial charge in [-0.05, 0) is 28.8 Å². The Morgan fingerprint density at radius 2 is 2.00 bits per heavy atom. The fourth-order valence-corrected chi connectivity index (χ4v) is 1.81. The van der Waals surface area contributed by atoms with Crippen LogP contribution in [-0.2, 0) is 6.61 Å². The molecular formula is C15H15NO. The first-order valence-electron chi connectivity index (χ1n) is 5.46. The molecule has 0 amide bonds. The van der Waals surface area contributed by atoms with Crippen molar-refractivity contribution in [2.45, 2.75) is 6.61 Å². The van der Waals surface area contributed by atoms with E-state index >= 15 is 0 Å². The van der Waals surface area contributed by atoms with Gasteiger partial charge >= 0.3 is 0 Å². The van der Waals surface area contributed by atoms with Gasteiger partial charge in [0.2, 0.25) is 0 Å². The van der Waals surface area contributed by atoms with E-state index in [0.29, 0.717) is 0 Å². The van der Waals surface area contributed by atoms with Gasteiger partial charge in [-0.15, -0.1) is 0 Å². The molecule has 0 atom stereocenters. The molecule has 2 nitrogen and oxygen atoms in total. The molecular weight excluding hydrogens is 210 g/mol. The molecule has 3 N–H and O–H groups in total. The molecule has 0 aliphatic carbocycles. The third-order valence-corrected chi connectivity index (χ3v) is 2.73. The number of nitrogen functional groups attached to an aromatic ring is 1. The molecule has 0 saturated carbocycles. The van der Waals surface area contributed by atoms with E-state index in [9.17, 15) is 0 Å². The first-order valence-corrected chi connectivity index (χ1v) is 5.46. The summed E-state index contributed by atoms with van der Waals surface area (Å²) >= 11 is 0. The van der Waals surface area contributed by atoms with E-state index in [1.165, 1.54) is 0 Å². The highest BCUT2D eigenvalue weighted by atomic mass is 16.3. The first kappa shape index (κ1) is 11.4. The second-order valence-electron chi connectivity index (χ2n) is 3.91. The van der Waals surface area contributed by atoms with Crippen LogP contribution in [0.25, 0.3) is 17.2 Å². The van der Waals surface area contributed by atoms with Gasteiger partial charge in [0, 0.05) is 11.3 Å². The Morgan fingerprint density at radius 1 is 1.18 bits per heavy atom. The summed E-state index contributed by atoms with van der Waals surface area (Å²) in [6.45, 7) is 3.75. The van der Waals surface area contributed by atoms with Crippen LogP contribution in [0.1, 0.15) is 11.1 Å². The Balaban J connectivity index is 2.48. The molecule has 0 unspecified atom stereocenters. The minimum atomic E-state index is 0.0402. The average Bonchev–Trinajstić information content (AvgIpc) is 2.38. The first-order chi connectivity index (χ1) is 8.24. The fraction of sp³-hybridized carbons (Fsp3) is 0.0667. The Hall–Kier alpha value is -2.06. The number of anilines is 1. The predicted octanol–water partition coefficient (Wildman–Crippen LogP) is 3.07. The van der Waals surface area contributed by atoms with E-state index in [1.54, 1.807) is 6.08 Å². The third-order valence-electron chi connectivity index (χ3n) is 2.73. The zero-order chi connectivity index (χ0) is 12.3. The number of aliphatic hydroxyl groups is 1. The molecule has 0 aromatic heterocycles. The highest BCUT2D eigenvalue weighted by molar-refractivity contribution is 5.78. The third kappa shape index (κ3) is 2.37. The number of hydrogen-bond acceptors (Lipinski definition) is 2. The maximum Gasteiger partial charge on any atom is 0.0682 e. The van der Waals surface area contributed by atoms with Gasteiger partial charge in [0.25, 0.3) is 0 Å². The van der Waals surface area contributed by atoms with Crippen LogP contribution in [0.15, 0.2) is 49.0 Å². The smallest absolute Gasteiger partial charge is 0.0682 e. The van der Waals surface area contributed by atoms with Crippen molar-refractivity contribution >= 4 is 11.8 Å². The van der Waals surface area contributed by atoms with Crippen LogP contribution >= 0.6 is 0 Å². The van der Waals surface area contributed by atoms with Crippen molar-refractivity contribution in [1.29, 1.82) is 0 Å². The largest absolute Gasteiger partial charge is 0.398 e. The minimum absolute atomic E-state index is 0.0402. The number of nitrogens with two attached hydrogens (primary N) is 1. The molecule has 0 bridgehead atoms. The van der Waals surface area contributed by atoms with Crippen molar-refractivity contribution in [2.75, 3.05) is 5.73 Å². The van der Waals surface area contributed by atoms with Gasteiger partial charge in [0.15, 0.2) is 0 Å². The van der Waals surface area contributed by atoms with E-state index in [1.807, 2.05) is 42.5 Å². The van der Waals surface area contributed by atoms with Crippen molar-refractivity contribution in [2.24, 2.45) is 0 Å². The van der Waals surface area contributed by atoms with E-state index in [0.717, 1.165) is 27.9 Å². The summed E-state index contributed by atoms with van der Waals surface area (Å²) in [6, 6.07) is 13.6. The summed E-state index contributed by atoms with van der Waals surface area (Å²) in [6.07, 6.45) is 1.77. The van der Waals surface area contributed by atoms with Gasteiger partial charge in [-0.3, -0.25) is 0 Å². The lowest BCUT2D eigenvalue weighted by atomic mass is 10.00. The Kier molecular flexibility index (Phi) is 3.26. The monoisotopic (exact) mass is 225 g/mol. The summed E-state index contributed by atoms with van der Waals surface area (Å²) in [7, 11) is 0. The maximum absolute atomic E-state index is 9.12. The van der Waals surface area contributed by atoms with Crippen molar-refractivity contribution in [3.63, 3.8) is 0 Å². The lowest BCUT2D eigenvalue weighted by Crippen LogP contribution is -1.92. The Morgan fingerprint density at radius 3 is 2.65 bits per heavy atom. The van der Waals surface area contributed by atoms with E-state index in [4.69, 9.17) is 10.8 Å². The van der Waals surface area contributed by atoms with Crippen LogP contribution < -0.4 is 5.73 Å². The van der Waals surface area contributed by atoms with E-state index in [-0.39, 0.29) is 6.61 Å². The number of hydrogen-bond donors (Lipinski definition) is 2. The molecule has 17 heavy (non-hydrogen) atoms. The van der Waals surface area contributed by atoms with Crippen molar-refractivity contribution in [3.8, 4) is 11.1 Å². The van der Waals surface area contributed by atoms with Gasteiger partial charge < -0.3 is 10.8 Å². The molecule has 2 aromatic carbocycles. The summed E-state index contributed by atoms with van der Waals surface area (Å²) in [5.41, 5.74) is 10.6. The molecule has 0 fully saturated rings. The summed E-state index contributed by atoms with van der Waals surface area (Å²) in [5.74, 6) is 0. The Labute approximate surface area is 101 Å². The summed E-state index contributed by atoms with van der Waals surface area (Å²) in [4.78, 5) is 0. The molecule has 86 valence electrons. The maximum atomic E-state index is 9.12. The van der Waals surface area contributed by atoms with Crippen molar-refractivity contribution in [1.82, 2.24) is 0 Å². The Bertz CT molecular complexity index is 546.